The number of hydrogen-bond donors (Lipinski definition) is 1. The zero-order valence-corrected chi connectivity index (χ0v) is 13.1. The summed E-state index contributed by atoms with van der Waals surface area (Å²) < 4.78 is 10.8. The molecule has 0 unspecified atom stereocenters. The van der Waals surface area contributed by atoms with Gasteiger partial charge in [-0.1, -0.05) is 12.1 Å². The number of nitrogens with zero attached hydrogens (tertiary/aromatic N) is 1. The average Bonchev–Trinajstić information content (AvgIpc) is 2.60. The van der Waals surface area contributed by atoms with Gasteiger partial charge in [-0.3, -0.25) is 0 Å². The summed E-state index contributed by atoms with van der Waals surface area (Å²) in [5.74, 6) is 1.60. The molecule has 1 heterocycles. The van der Waals surface area contributed by atoms with Crippen LogP contribution in [0.5, 0.6) is 11.5 Å². The first-order valence-corrected chi connectivity index (χ1v) is 7.53. The highest BCUT2D eigenvalue weighted by atomic mass is 16.5. The first-order chi connectivity index (χ1) is 10.7. The summed E-state index contributed by atoms with van der Waals surface area (Å²) in [4.78, 5) is 2.38. The number of benzene rings is 2. The third kappa shape index (κ3) is 2.74. The maximum Gasteiger partial charge on any atom is 0.161 e. The van der Waals surface area contributed by atoms with Crippen LogP contribution in [0.3, 0.4) is 0 Å². The second-order valence-corrected chi connectivity index (χ2v) is 5.52. The van der Waals surface area contributed by atoms with E-state index in [2.05, 4.69) is 41.3 Å². The summed E-state index contributed by atoms with van der Waals surface area (Å²) in [6.07, 6.45) is 1.01. The number of fused-ring (bicyclic) bond motifs is 1. The maximum absolute atomic E-state index is 5.66. The first kappa shape index (κ1) is 14.7. The van der Waals surface area contributed by atoms with Crippen LogP contribution in [0.4, 0.5) is 5.69 Å². The second-order valence-electron chi connectivity index (χ2n) is 5.52. The van der Waals surface area contributed by atoms with Crippen molar-refractivity contribution in [2.45, 2.75) is 19.5 Å². The number of nitrogens with two attached hydrogens (primary N) is 1. The van der Waals surface area contributed by atoms with Crippen LogP contribution in [-0.2, 0) is 19.5 Å². The van der Waals surface area contributed by atoms with Crippen LogP contribution in [-0.4, -0.2) is 20.8 Å². The molecular weight excluding hydrogens is 276 g/mol. The smallest absolute Gasteiger partial charge is 0.161 e. The minimum Gasteiger partial charge on any atom is -0.493 e. The summed E-state index contributed by atoms with van der Waals surface area (Å²) in [5.41, 5.74) is 10.7. The van der Waals surface area contributed by atoms with E-state index in [9.17, 15) is 0 Å². The molecule has 4 nitrogen and oxygen atoms in total. The summed E-state index contributed by atoms with van der Waals surface area (Å²) in [6.45, 7) is 2.47. The number of ether oxygens (including phenoxy) is 2. The van der Waals surface area contributed by atoms with Gasteiger partial charge in [0.2, 0.25) is 0 Å². The quantitative estimate of drug-likeness (QED) is 0.943. The van der Waals surface area contributed by atoms with Gasteiger partial charge in [-0.2, -0.15) is 0 Å². The Morgan fingerprint density at radius 2 is 1.64 bits per heavy atom. The minimum absolute atomic E-state index is 0.583. The molecule has 2 aromatic rings. The van der Waals surface area contributed by atoms with E-state index in [4.69, 9.17) is 15.2 Å². The fourth-order valence-corrected chi connectivity index (χ4v) is 2.95. The zero-order valence-electron chi connectivity index (χ0n) is 13.1. The van der Waals surface area contributed by atoms with E-state index in [1.807, 2.05) is 0 Å². The number of anilines is 1. The molecule has 0 amide bonds. The highest BCUT2D eigenvalue weighted by Crippen LogP contribution is 2.34. The second kappa shape index (κ2) is 6.28. The largest absolute Gasteiger partial charge is 0.493 e. The van der Waals surface area contributed by atoms with Gasteiger partial charge < -0.3 is 20.1 Å². The highest BCUT2D eigenvalue weighted by Gasteiger charge is 2.19. The van der Waals surface area contributed by atoms with Gasteiger partial charge in [0.25, 0.3) is 0 Å². The van der Waals surface area contributed by atoms with Crippen molar-refractivity contribution in [3.8, 4) is 11.5 Å². The van der Waals surface area contributed by atoms with Crippen molar-refractivity contribution in [1.29, 1.82) is 0 Å². The van der Waals surface area contributed by atoms with Crippen molar-refractivity contribution >= 4 is 5.69 Å². The van der Waals surface area contributed by atoms with Crippen molar-refractivity contribution < 1.29 is 9.47 Å². The Hall–Kier alpha value is -2.20. The topological polar surface area (TPSA) is 47.7 Å². The normalized spacial score (nSPS) is 13.7. The predicted octanol–water partition coefficient (Wildman–Crippen LogP) is 2.73. The van der Waals surface area contributed by atoms with E-state index < -0.39 is 0 Å². The maximum atomic E-state index is 5.66. The molecule has 0 atom stereocenters. The lowest BCUT2D eigenvalue weighted by Gasteiger charge is -2.31. The van der Waals surface area contributed by atoms with Gasteiger partial charge in [-0.15, -0.1) is 0 Å². The highest BCUT2D eigenvalue weighted by molar-refractivity contribution is 5.54. The van der Waals surface area contributed by atoms with Crippen molar-refractivity contribution in [3.05, 3.63) is 53.1 Å². The van der Waals surface area contributed by atoms with Crippen LogP contribution < -0.4 is 20.1 Å². The molecule has 2 N–H and O–H groups in total. The third-order valence-corrected chi connectivity index (χ3v) is 4.26. The van der Waals surface area contributed by atoms with E-state index in [0.717, 1.165) is 36.6 Å². The molecule has 1 aliphatic heterocycles. The van der Waals surface area contributed by atoms with Crippen molar-refractivity contribution in [3.63, 3.8) is 0 Å². The van der Waals surface area contributed by atoms with Crippen LogP contribution in [0.25, 0.3) is 0 Å². The Morgan fingerprint density at radius 3 is 2.23 bits per heavy atom. The minimum atomic E-state index is 0.583. The van der Waals surface area contributed by atoms with Crippen molar-refractivity contribution in [1.82, 2.24) is 0 Å². The fourth-order valence-electron chi connectivity index (χ4n) is 2.95. The Kier molecular flexibility index (Phi) is 4.20. The van der Waals surface area contributed by atoms with Crippen molar-refractivity contribution in [2.24, 2.45) is 5.73 Å². The molecule has 0 fully saturated rings. The van der Waals surface area contributed by atoms with Gasteiger partial charge in [0.1, 0.15) is 0 Å². The molecule has 2 aromatic carbocycles. The van der Waals surface area contributed by atoms with Gasteiger partial charge >= 0.3 is 0 Å². The number of rotatable bonds is 4. The molecule has 3 rings (SSSR count). The summed E-state index contributed by atoms with van der Waals surface area (Å²) >= 11 is 0. The number of hydrogen-bond acceptors (Lipinski definition) is 4. The van der Waals surface area contributed by atoms with Gasteiger partial charge in [-0.25, -0.2) is 0 Å². The molecule has 0 aromatic heterocycles. The molecule has 0 bridgehead atoms. The van der Waals surface area contributed by atoms with Gasteiger partial charge in [0.05, 0.1) is 14.2 Å². The summed E-state index contributed by atoms with van der Waals surface area (Å²) in [7, 11) is 3.36. The predicted molar refractivity (Wildman–Crippen MR) is 88.6 cm³/mol. The monoisotopic (exact) mass is 298 g/mol. The molecule has 0 aliphatic carbocycles. The Balaban J connectivity index is 1.86. The summed E-state index contributed by atoms with van der Waals surface area (Å²) in [5, 5.41) is 0. The van der Waals surface area contributed by atoms with Crippen LogP contribution >= 0.6 is 0 Å². The van der Waals surface area contributed by atoms with E-state index in [1.54, 1.807) is 14.2 Å². The summed E-state index contributed by atoms with van der Waals surface area (Å²) in [6, 6.07) is 12.7. The van der Waals surface area contributed by atoms with Gasteiger partial charge in [-0.05, 0) is 47.4 Å². The lowest BCUT2D eigenvalue weighted by Crippen LogP contribution is -2.30. The SMILES string of the molecule is COc1cc2c(cc1OC)CN(c1ccc(CN)cc1)CC2. The lowest BCUT2D eigenvalue weighted by atomic mass is 9.98. The molecule has 0 spiro atoms. The van der Waals surface area contributed by atoms with Gasteiger partial charge in [0, 0.05) is 25.3 Å². The Labute approximate surface area is 131 Å². The molecule has 0 saturated carbocycles. The third-order valence-electron chi connectivity index (χ3n) is 4.26. The zero-order chi connectivity index (χ0) is 15.5. The fraction of sp³-hybridized carbons (Fsp3) is 0.333. The molecule has 0 saturated heterocycles. The van der Waals surface area contributed by atoms with E-state index in [-0.39, 0.29) is 0 Å². The van der Waals surface area contributed by atoms with E-state index >= 15 is 0 Å². The molecular formula is C18H22N2O2. The molecule has 1 aliphatic rings. The standard InChI is InChI=1S/C18H22N2O2/c1-21-17-9-14-7-8-20(12-15(14)10-18(17)22-2)16-5-3-13(11-19)4-6-16/h3-6,9-10H,7-8,11-12,19H2,1-2H3. The van der Waals surface area contributed by atoms with Crippen LogP contribution in [0.15, 0.2) is 36.4 Å². The van der Waals surface area contributed by atoms with Gasteiger partial charge in [0.15, 0.2) is 11.5 Å². The molecule has 22 heavy (non-hydrogen) atoms. The molecule has 4 heteroatoms. The Morgan fingerprint density at radius 1 is 1.00 bits per heavy atom. The van der Waals surface area contributed by atoms with Crippen LogP contribution in [0.1, 0.15) is 16.7 Å². The van der Waals surface area contributed by atoms with Crippen LogP contribution in [0, 0.1) is 0 Å². The lowest BCUT2D eigenvalue weighted by molar-refractivity contribution is 0.353. The average molecular weight is 298 g/mol. The molecule has 116 valence electrons. The van der Waals surface area contributed by atoms with E-state index in [0.29, 0.717) is 6.54 Å². The molecule has 0 radical (unpaired) electrons. The van der Waals surface area contributed by atoms with E-state index in [1.165, 1.54) is 16.8 Å². The Bertz CT molecular complexity index is 653. The number of methoxy groups -OCH3 is 2. The van der Waals surface area contributed by atoms with Crippen molar-refractivity contribution in [2.75, 3.05) is 25.7 Å². The van der Waals surface area contributed by atoms with Crippen LogP contribution in [0.2, 0.25) is 0 Å². The first-order valence-electron chi connectivity index (χ1n) is 7.53.